The number of hydrogen-bond donors (Lipinski definition) is 2. The molecule has 0 aliphatic carbocycles. The van der Waals surface area contributed by atoms with Crippen molar-refractivity contribution >= 4 is 21.6 Å². The Labute approximate surface area is 119 Å². The smallest absolute Gasteiger partial charge is 0.240 e. The number of rotatable bonds is 6. The third kappa shape index (κ3) is 4.45. The minimum Gasteiger partial charge on any atom is -0.335 e. The van der Waals surface area contributed by atoms with Gasteiger partial charge in [0.25, 0.3) is 0 Å². The van der Waals surface area contributed by atoms with Crippen LogP contribution in [0.4, 0.5) is 0 Å². The summed E-state index contributed by atoms with van der Waals surface area (Å²) < 4.78 is 26.6. The Morgan fingerprint density at radius 1 is 1.16 bits per heavy atom. The van der Waals surface area contributed by atoms with Gasteiger partial charge in [0.1, 0.15) is 0 Å². The van der Waals surface area contributed by atoms with Gasteiger partial charge in [-0.3, -0.25) is 0 Å². The van der Waals surface area contributed by atoms with E-state index >= 15 is 0 Å². The minimum absolute atomic E-state index is 0.269. The van der Waals surface area contributed by atoms with Crippen LogP contribution in [0.2, 0.25) is 5.02 Å². The van der Waals surface area contributed by atoms with Crippen LogP contribution in [0.3, 0.4) is 0 Å². The van der Waals surface area contributed by atoms with E-state index in [0.29, 0.717) is 11.6 Å². The van der Waals surface area contributed by atoms with Gasteiger partial charge in [0.15, 0.2) is 0 Å². The summed E-state index contributed by atoms with van der Waals surface area (Å²) in [6.45, 7) is 3.99. The predicted octanol–water partition coefficient (Wildman–Crippen LogP) is 0.687. The molecule has 2 N–H and O–H groups in total. The first-order valence-electron chi connectivity index (χ1n) is 6.67. The Morgan fingerprint density at radius 3 is 2.42 bits per heavy atom. The van der Waals surface area contributed by atoms with Crippen molar-refractivity contribution in [1.29, 1.82) is 0 Å². The zero-order valence-corrected chi connectivity index (χ0v) is 12.4. The van der Waals surface area contributed by atoms with Crippen molar-refractivity contribution in [3.05, 3.63) is 29.3 Å². The Kier molecular flexibility index (Phi) is 5.21. The molecule has 106 valence electrons. The Bertz CT molecular complexity index is 496. The molecule has 1 saturated heterocycles. The molecule has 0 saturated carbocycles. The summed E-state index contributed by atoms with van der Waals surface area (Å²) in [7, 11) is -3.39. The number of quaternary nitrogens is 1. The van der Waals surface area contributed by atoms with Gasteiger partial charge in [0.05, 0.1) is 24.5 Å². The van der Waals surface area contributed by atoms with E-state index in [9.17, 15) is 8.42 Å². The molecule has 4 nitrogen and oxygen atoms in total. The van der Waals surface area contributed by atoms with Gasteiger partial charge >= 0.3 is 0 Å². The number of nitrogens with one attached hydrogen (secondary N) is 2. The first-order chi connectivity index (χ1) is 9.08. The molecule has 1 aliphatic rings. The lowest BCUT2D eigenvalue weighted by molar-refractivity contribution is -0.887. The molecule has 19 heavy (non-hydrogen) atoms. The topological polar surface area (TPSA) is 50.6 Å². The van der Waals surface area contributed by atoms with Crippen LogP contribution in [-0.4, -0.2) is 34.6 Å². The third-order valence-electron chi connectivity index (χ3n) is 3.43. The summed E-state index contributed by atoms with van der Waals surface area (Å²) in [4.78, 5) is 1.86. The SMILES string of the molecule is O=S(=O)(NCCC[NH+]1CCCC1)c1ccc(Cl)cc1. The molecule has 0 aromatic heterocycles. The average molecular weight is 304 g/mol. The zero-order valence-electron chi connectivity index (χ0n) is 10.9. The lowest BCUT2D eigenvalue weighted by Crippen LogP contribution is -3.10. The van der Waals surface area contributed by atoms with Crippen LogP contribution in [0, 0.1) is 0 Å². The van der Waals surface area contributed by atoms with Crippen molar-refractivity contribution in [2.24, 2.45) is 0 Å². The number of benzene rings is 1. The standard InChI is InChI=1S/C13H19ClN2O2S/c14-12-4-6-13(7-5-12)19(17,18)15-8-3-11-16-9-1-2-10-16/h4-7,15H,1-3,8-11H2/p+1. The van der Waals surface area contributed by atoms with Crippen molar-refractivity contribution in [3.8, 4) is 0 Å². The van der Waals surface area contributed by atoms with Crippen molar-refractivity contribution in [1.82, 2.24) is 4.72 Å². The fourth-order valence-corrected chi connectivity index (χ4v) is 3.57. The molecule has 0 spiro atoms. The summed E-state index contributed by atoms with van der Waals surface area (Å²) in [6.07, 6.45) is 3.47. The molecule has 0 atom stereocenters. The largest absolute Gasteiger partial charge is 0.335 e. The van der Waals surface area contributed by atoms with Crippen LogP contribution in [-0.2, 0) is 10.0 Å². The number of likely N-dealkylation sites (tertiary alicyclic amines) is 1. The van der Waals surface area contributed by atoms with Crippen LogP contribution in [0.5, 0.6) is 0 Å². The summed E-state index contributed by atoms with van der Waals surface area (Å²) in [5.74, 6) is 0. The molecule has 0 amide bonds. The molecule has 1 aromatic rings. The lowest BCUT2D eigenvalue weighted by atomic mass is 10.4. The van der Waals surface area contributed by atoms with E-state index in [1.807, 2.05) is 0 Å². The highest BCUT2D eigenvalue weighted by atomic mass is 35.5. The maximum Gasteiger partial charge on any atom is 0.240 e. The summed E-state index contributed by atoms with van der Waals surface area (Å²) in [5.41, 5.74) is 0. The molecule has 6 heteroatoms. The Balaban J connectivity index is 1.79. The average Bonchev–Trinajstić information content (AvgIpc) is 2.88. The van der Waals surface area contributed by atoms with Crippen molar-refractivity contribution in [2.45, 2.75) is 24.2 Å². The molecule has 1 aliphatic heterocycles. The molecular weight excluding hydrogens is 284 g/mol. The molecule has 0 radical (unpaired) electrons. The Morgan fingerprint density at radius 2 is 1.79 bits per heavy atom. The van der Waals surface area contributed by atoms with Gasteiger partial charge in [-0.1, -0.05) is 11.6 Å². The van der Waals surface area contributed by atoms with E-state index in [-0.39, 0.29) is 4.90 Å². The first kappa shape index (κ1) is 14.8. The van der Waals surface area contributed by atoms with Crippen LogP contribution >= 0.6 is 11.6 Å². The maximum absolute atomic E-state index is 12.0. The maximum atomic E-state index is 12.0. The zero-order chi connectivity index (χ0) is 13.7. The fourth-order valence-electron chi connectivity index (χ4n) is 2.37. The Hall–Kier alpha value is -0.620. The highest BCUT2D eigenvalue weighted by molar-refractivity contribution is 7.89. The van der Waals surface area contributed by atoms with Gasteiger partial charge < -0.3 is 4.90 Å². The number of halogens is 1. The molecule has 1 fully saturated rings. The lowest BCUT2D eigenvalue weighted by Gasteiger charge is -2.12. The first-order valence-corrected chi connectivity index (χ1v) is 8.53. The van der Waals surface area contributed by atoms with Gasteiger partial charge in [-0.15, -0.1) is 0 Å². The van der Waals surface area contributed by atoms with E-state index in [0.717, 1.165) is 13.0 Å². The molecule has 1 heterocycles. The second-order valence-electron chi connectivity index (χ2n) is 4.91. The monoisotopic (exact) mass is 303 g/mol. The second kappa shape index (κ2) is 6.70. The summed E-state index contributed by atoms with van der Waals surface area (Å²) in [6, 6.07) is 6.22. The molecule has 0 unspecified atom stereocenters. The van der Waals surface area contributed by atoms with Gasteiger partial charge in [0.2, 0.25) is 10.0 Å². The van der Waals surface area contributed by atoms with E-state index < -0.39 is 10.0 Å². The van der Waals surface area contributed by atoms with Crippen LogP contribution < -0.4 is 9.62 Å². The van der Waals surface area contributed by atoms with E-state index in [2.05, 4.69) is 4.72 Å². The summed E-state index contributed by atoms with van der Waals surface area (Å²) in [5, 5.41) is 0.539. The van der Waals surface area contributed by atoms with Crippen molar-refractivity contribution in [2.75, 3.05) is 26.2 Å². The highest BCUT2D eigenvalue weighted by Crippen LogP contribution is 2.13. The van der Waals surface area contributed by atoms with Crippen LogP contribution in [0.1, 0.15) is 19.3 Å². The van der Waals surface area contributed by atoms with Crippen LogP contribution in [0.25, 0.3) is 0 Å². The normalized spacial score (nSPS) is 16.9. The quantitative estimate of drug-likeness (QED) is 0.760. The van der Waals surface area contributed by atoms with Crippen LogP contribution in [0.15, 0.2) is 29.2 Å². The van der Waals surface area contributed by atoms with Crippen molar-refractivity contribution in [3.63, 3.8) is 0 Å². The number of sulfonamides is 1. The molecular formula is C13H20ClN2O2S+. The van der Waals surface area contributed by atoms with E-state index in [1.54, 1.807) is 17.0 Å². The van der Waals surface area contributed by atoms with Gasteiger partial charge in [-0.25, -0.2) is 13.1 Å². The molecule has 2 rings (SSSR count). The van der Waals surface area contributed by atoms with Gasteiger partial charge in [-0.2, -0.15) is 0 Å². The second-order valence-corrected chi connectivity index (χ2v) is 7.12. The molecule has 1 aromatic carbocycles. The van der Waals surface area contributed by atoms with Gasteiger partial charge in [-0.05, 0) is 24.3 Å². The predicted molar refractivity (Wildman–Crippen MR) is 76.1 cm³/mol. The minimum atomic E-state index is -3.39. The molecule has 0 bridgehead atoms. The van der Waals surface area contributed by atoms with E-state index in [1.165, 1.54) is 38.1 Å². The third-order valence-corrected chi connectivity index (χ3v) is 5.16. The van der Waals surface area contributed by atoms with Gasteiger partial charge in [0, 0.05) is 30.8 Å². The van der Waals surface area contributed by atoms with Crippen molar-refractivity contribution < 1.29 is 13.3 Å². The van der Waals surface area contributed by atoms with E-state index in [4.69, 9.17) is 11.6 Å². The fraction of sp³-hybridized carbons (Fsp3) is 0.538. The summed E-state index contributed by atoms with van der Waals surface area (Å²) >= 11 is 5.74. The number of hydrogen-bond acceptors (Lipinski definition) is 2. The highest BCUT2D eigenvalue weighted by Gasteiger charge is 2.16.